The van der Waals surface area contributed by atoms with Crippen LogP contribution in [0.2, 0.25) is 0 Å². The van der Waals surface area contributed by atoms with Gasteiger partial charge in [0.2, 0.25) is 5.13 Å². The number of aromatic nitrogens is 2. The minimum Gasteiger partial charge on any atom is -0.343 e. The molecule has 100 valence electrons. The van der Waals surface area contributed by atoms with E-state index in [4.69, 9.17) is 0 Å². The molecule has 0 bridgehead atoms. The molecular formula is C14H16FN3S. The van der Waals surface area contributed by atoms with Gasteiger partial charge in [-0.25, -0.2) is 9.37 Å². The van der Waals surface area contributed by atoms with Crippen LogP contribution < -0.4 is 4.90 Å². The third-order valence-corrected chi connectivity index (χ3v) is 4.08. The molecule has 1 heterocycles. The summed E-state index contributed by atoms with van der Waals surface area (Å²) in [5.74, 6) is 1.38. The first kappa shape index (κ1) is 12.5. The largest absolute Gasteiger partial charge is 0.343 e. The third kappa shape index (κ3) is 2.92. The summed E-state index contributed by atoms with van der Waals surface area (Å²) in [7, 11) is 0. The van der Waals surface area contributed by atoms with Gasteiger partial charge in [-0.1, -0.05) is 12.1 Å². The smallest absolute Gasteiger partial charge is 0.205 e. The van der Waals surface area contributed by atoms with Crippen LogP contribution in [0.25, 0.3) is 0 Å². The normalized spacial score (nSPS) is 14.6. The summed E-state index contributed by atoms with van der Waals surface area (Å²) >= 11 is 1.45. The van der Waals surface area contributed by atoms with Crippen LogP contribution in [0, 0.1) is 5.82 Å². The van der Waals surface area contributed by atoms with E-state index >= 15 is 0 Å². The van der Waals surface area contributed by atoms with E-state index in [1.54, 1.807) is 12.1 Å². The van der Waals surface area contributed by atoms with Crippen molar-refractivity contribution < 1.29 is 4.39 Å². The highest BCUT2D eigenvalue weighted by molar-refractivity contribution is 7.09. The van der Waals surface area contributed by atoms with Crippen molar-refractivity contribution >= 4 is 16.7 Å². The Kier molecular flexibility index (Phi) is 3.46. The van der Waals surface area contributed by atoms with Crippen LogP contribution in [0.5, 0.6) is 0 Å². The van der Waals surface area contributed by atoms with Gasteiger partial charge >= 0.3 is 0 Å². The van der Waals surface area contributed by atoms with Crippen LogP contribution in [-0.4, -0.2) is 15.9 Å². The molecule has 3 rings (SSSR count). The molecule has 0 amide bonds. The number of halogens is 1. The van der Waals surface area contributed by atoms with Crippen LogP contribution in [0.3, 0.4) is 0 Å². The molecule has 1 aliphatic carbocycles. The molecular weight excluding hydrogens is 261 g/mol. The molecule has 5 heteroatoms. The molecule has 1 aromatic carbocycles. The first-order valence-corrected chi connectivity index (χ1v) is 7.36. The summed E-state index contributed by atoms with van der Waals surface area (Å²) in [6.07, 6.45) is 2.43. The Morgan fingerprint density at radius 3 is 2.95 bits per heavy atom. The predicted octanol–water partition coefficient (Wildman–Crippen LogP) is 3.58. The first-order valence-electron chi connectivity index (χ1n) is 6.59. The van der Waals surface area contributed by atoms with Gasteiger partial charge in [-0.15, -0.1) is 0 Å². The maximum absolute atomic E-state index is 13.2. The van der Waals surface area contributed by atoms with Crippen molar-refractivity contribution in [1.82, 2.24) is 9.36 Å². The molecule has 0 saturated heterocycles. The van der Waals surface area contributed by atoms with Gasteiger partial charge in [0.25, 0.3) is 0 Å². The molecule has 19 heavy (non-hydrogen) atoms. The molecule has 0 N–H and O–H groups in total. The number of benzene rings is 1. The zero-order valence-electron chi connectivity index (χ0n) is 10.8. The van der Waals surface area contributed by atoms with Crippen LogP contribution in [0.4, 0.5) is 9.52 Å². The van der Waals surface area contributed by atoms with Crippen molar-refractivity contribution in [2.45, 2.75) is 32.2 Å². The topological polar surface area (TPSA) is 29.0 Å². The Bertz CT molecular complexity index is 565. The maximum atomic E-state index is 13.2. The van der Waals surface area contributed by atoms with Gasteiger partial charge in [-0.3, -0.25) is 0 Å². The second kappa shape index (κ2) is 5.25. The summed E-state index contributed by atoms with van der Waals surface area (Å²) in [6, 6.07) is 6.73. The highest BCUT2D eigenvalue weighted by Crippen LogP contribution is 2.39. The van der Waals surface area contributed by atoms with E-state index in [1.165, 1.54) is 30.4 Å². The summed E-state index contributed by atoms with van der Waals surface area (Å²) in [4.78, 5) is 6.74. The van der Waals surface area contributed by atoms with Crippen molar-refractivity contribution in [3.63, 3.8) is 0 Å². The fourth-order valence-electron chi connectivity index (χ4n) is 2.03. The first-order chi connectivity index (χ1) is 9.26. The van der Waals surface area contributed by atoms with Crippen molar-refractivity contribution in [3.8, 4) is 0 Å². The van der Waals surface area contributed by atoms with Crippen molar-refractivity contribution in [1.29, 1.82) is 0 Å². The molecule has 0 spiro atoms. The van der Waals surface area contributed by atoms with Gasteiger partial charge in [-0.2, -0.15) is 4.37 Å². The van der Waals surface area contributed by atoms with Crippen LogP contribution in [0.1, 0.15) is 37.1 Å². The quantitative estimate of drug-likeness (QED) is 0.836. The number of hydrogen-bond donors (Lipinski definition) is 0. The van der Waals surface area contributed by atoms with E-state index in [2.05, 4.69) is 21.2 Å². The zero-order chi connectivity index (χ0) is 13.2. The van der Waals surface area contributed by atoms with Gasteiger partial charge in [0.1, 0.15) is 11.6 Å². The standard InChI is InChI=1S/C14H16FN3S/c1-2-18(9-10-4-3-5-12(15)8-10)14-16-13(17-19-14)11-6-7-11/h3-5,8,11H,2,6-7,9H2,1H3. The third-order valence-electron chi connectivity index (χ3n) is 3.29. The highest BCUT2D eigenvalue weighted by atomic mass is 32.1. The molecule has 1 fully saturated rings. The van der Waals surface area contributed by atoms with Gasteiger partial charge in [-0.05, 0) is 37.5 Å². The van der Waals surface area contributed by atoms with Crippen molar-refractivity contribution in [2.24, 2.45) is 0 Å². The lowest BCUT2D eigenvalue weighted by molar-refractivity contribution is 0.624. The molecule has 1 aliphatic rings. The molecule has 0 atom stereocenters. The molecule has 0 radical (unpaired) electrons. The van der Waals surface area contributed by atoms with E-state index in [-0.39, 0.29) is 5.82 Å². The van der Waals surface area contributed by atoms with Gasteiger partial charge < -0.3 is 4.90 Å². The summed E-state index contributed by atoms with van der Waals surface area (Å²) in [6.45, 7) is 3.60. The van der Waals surface area contributed by atoms with E-state index in [0.717, 1.165) is 23.1 Å². The van der Waals surface area contributed by atoms with Crippen molar-refractivity contribution in [2.75, 3.05) is 11.4 Å². The van der Waals surface area contributed by atoms with E-state index in [0.29, 0.717) is 12.5 Å². The van der Waals surface area contributed by atoms with Gasteiger partial charge in [0.15, 0.2) is 0 Å². The Balaban J connectivity index is 1.75. The number of rotatable bonds is 5. The van der Waals surface area contributed by atoms with Crippen LogP contribution in [0.15, 0.2) is 24.3 Å². The molecule has 0 aliphatic heterocycles. The Labute approximate surface area is 116 Å². The lowest BCUT2D eigenvalue weighted by Crippen LogP contribution is -2.21. The summed E-state index contributed by atoms with van der Waals surface area (Å²) < 4.78 is 17.6. The second-order valence-electron chi connectivity index (χ2n) is 4.85. The molecule has 1 saturated carbocycles. The van der Waals surface area contributed by atoms with E-state index < -0.39 is 0 Å². The minimum absolute atomic E-state index is 0.190. The average molecular weight is 277 g/mol. The summed E-state index contributed by atoms with van der Waals surface area (Å²) in [5, 5.41) is 0.939. The predicted molar refractivity (Wildman–Crippen MR) is 75.0 cm³/mol. The lowest BCUT2D eigenvalue weighted by Gasteiger charge is -2.19. The Morgan fingerprint density at radius 1 is 1.42 bits per heavy atom. The second-order valence-corrected chi connectivity index (χ2v) is 5.58. The minimum atomic E-state index is -0.190. The summed E-state index contributed by atoms with van der Waals surface area (Å²) in [5.41, 5.74) is 0.963. The number of hydrogen-bond acceptors (Lipinski definition) is 4. The fraction of sp³-hybridized carbons (Fsp3) is 0.429. The van der Waals surface area contributed by atoms with E-state index in [9.17, 15) is 4.39 Å². The Hall–Kier alpha value is -1.49. The molecule has 1 aromatic heterocycles. The number of anilines is 1. The molecule has 0 unspecified atom stereocenters. The van der Waals surface area contributed by atoms with Gasteiger partial charge in [0.05, 0.1) is 0 Å². The Morgan fingerprint density at radius 2 is 2.26 bits per heavy atom. The van der Waals surface area contributed by atoms with E-state index in [1.807, 2.05) is 6.07 Å². The van der Waals surface area contributed by atoms with Crippen molar-refractivity contribution in [3.05, 3.63) is 41.5 Å². The van der Waals surface area contributed by atoms with Crippen LogP contribution in [-0.2, 0) is 6.54 Å². The number of nitrogens with zero attached hydrogens (tertiary/aromatic N) is 3. The van der Waals surface area contributed by atoms with Gasteiger partial charge in [0, 0.05) is 30.5 Å². The SMILES string of the molecule is CCN(Cc1cccc(F)c1)c1nc(C2CC2)ns1. The maximum Gasteiger partial charge on any atom is 0.205 e. The monoisotopic (exact) mass is 277 g/mol. The highest BCUT2D eigenvalue weighted by Gasteiger charge is 2.28. The molecule has 2 aromatic rings. The average Bonchev–Trinajstić information content (AvgIpc) is 3.15. The zero-order valence-corrected chi connectivity index (χ0v) is 11.7. The molecule has 3 nitrogen and oxygen atoms in total. The lowest BCUT2D eigenvalue weighted by atomic mass is 10.2. The fourth-order valence-corrected chi connectivity index (χ4v) is 2.84. The van der Waals surface area contributed by atoms with Crippen LogP contribution >= 0.6 is 11.5 Å².